The molecule has 2 rings (SSSR count). The number of benzene rings is 1. The zero-order valence-corrected chi connectivity index (χ0v) is 12.4. The van der Waals surface area contributed by atoms with Gasteiger partial charge < -0.3 is 15.0 Å². The van der Waals surface area contributed by atoms with Crippen LogP contribution in [0.1, 0.15) is 24.0 Å². The van der Waals surface area contributed by atoms with E-state index in [1.165, 1.54) is 5.56 Å². The molecule has 0 unspecified atom stereocenters. The highest BCUT2D eigenvalue weighted by Gasteiger charge is 2.16. The quantitative estimate of drug-likeness (QED) is 0.890. The smallest absolute Gasteiger partial charge is 0.248 e. The molecule has 0 aliphatic carbocycles. The third kappa shape index (κ3) is 4.62. The third-order valence-electron chi connectivity index (χ3n) is 3.66. The summed E-state index contributed by atoms with van der Waals surface area (Å²) in [6.07, 6.45) is 2.22. The van der Waals surface area contributed by atoms with E-state index in [4.69, 9.17) is 4.74 Å². The van der Waals surface area contributed by atoms with Gasteiger partial charge in [-0.2, -0.15) is 0 Å². The second kappa shape index (κ2) is 7.41. The fraction of sp³-hybridized carbons (Fsp3) is 0.562. The van der Waals surface area contributed by atoms with Gasteiger partial charge in [-0.1, -0.05) is 29.8 Å². The van der Waals surface area contributed by atoms with Gasteiger partial charge in [0.05, 0.1) is 6.10 Å². The topological polar surface area (TPSA) is 41.6 Å². The van der Waals surface area contributed by atoms with Crippen molar-refractivity contribution in [2.45, 2.75) is 32.4 Å². The molecule has 0 atom stereocenters. The summed E-state index contributed by atoms with van der Waals surface area (Å²) in [7, 11) is 1.83. The van der Waals surface area contributed by atoms with Crippen molar-refractivity contribution >= 4 is 5.91 Å². The molecule has 0 saturated carbocycles. The molecule has 1 heterocycles. The standard InChI is InChI=1S/C16H24N2O2/c1-13-4-3-5-14(10-13)11-18(2)16(19)12-20-15-6-8-17-9-7-15/h3-5,10,15,17H,6-9,11-12H2,1-2H3. The maximum absolute atomic E-state index is 12.1. The van der Waals surface area contributed by atoms with Crippen molar-refractivity contribution in [3.63, 3.8) is 0 Å². The number of carbonyl (C=O) groups excluding carboxylic acids is 1. The van der Waals surface area contributed by atoms with Crippen LogP contribution in [0.4, 0.5) is 0 Å². The molecule has 0 radical (unpaired) electrons. The number of rotatable bonds is 5. The van der Waals surface area contributed by atoms with Crippen molar-refractivity contribution in [2.75, 3.05) is 26.7 Å². The fourth-order valence-electron chi connectivity index (χ4n) is 2.43. The number of carbonyl (C=O) groups is 1. The van der Waals surface area contributed by atoms with Crippen LogP contribution in [0.15, 0.2) is 24.3 Å². The van der Waals surface area contributed by atoms with E-state index < -0.39 is 0 Å². The predicted molar refractivity (Wildman–Crippen MR) is 79.5 cm³/mol. The average Bonchev–Trinajstić information content (AvgIpc) is 2.46. The third-order valence-corrected chi connectivity index (χ3v) is 3.66. The van der Waals surface area contributed by atoms with Gasteiger partial charge in [-0.3, -0.25) is 4.79 Å². The lowest BCUT2D eigenvalue weighted by atomic mass is 10.1. The summed E-state index contributed by atoms with van der Waals surface area (Å²) in [6.45, 7) is 4.85. The normalized spacial score (nSPS) is 16.1. The minimum Gasteiger partial charge on any atom is -0.368 e. The molecule has 4 heteroatoms. The van der Waals surface area contributed by atoms with Gasteiger partial charge in [0.15, 0.2) is 0 Å². The summed E-state index contributed by atoms with van der Waals surface area (Å²) in [6, 6.07) is 8.24. The fourth-order valence-corrected chi connectivity index (χ4v) is 2.43. The molecule has 1 aromatic carbocycles. The van der Waals surface area contributed by atoms with E-state index in [2.05, 4.69) is 24.4 Å². The first kappa shape index (κ1) is 15.0. The van der Waals surface area contributed by atoms with Crippen molar-refractivity contribution in [1.82, 2.24) is 10.2 Å². The number of ether oxygens (including phenoxy) is 1. The molecule has 110 valence electrons. The van der Waals surface area contributed by atoms with E-state index in [0.29, 0.717) is 6.54 Å². The van der Waals surface area contributed by atoms with Gasteiger partial charge in [0.1, 0.15) is 6.61 Å². The zero-order chi connectivity index (χ0) is 14.4. The highest BCUT2D eigenvalue weighted by Crippen LogP contribution is 2.09. The Hall–Kier alpha value is -1.39. The molecule has 20 heavy (non-hydrogen) atoms. The largest absolute Gasteiger partial charge is 0.368 e. The van der Waals surface area contributed by atoms with E-state index in [-0.39, 0.29) is 18.6 Å². The lowest BCUT2D eigenvalue weighted by Crippen LogP contribution is -2.36. The lowest BCUT2D eigenvalue weighted by molar-refractivity contribution is -0.137. The highest BCUT2D eigenvalue weighted by molar-refractivity contribution is 5.77. The Morgan fingerprint density at radius 1 is 1.40 bits per heavy atom. The number of hydrogen-bond donors (Lipinski definition) is 1. The van der Waals surface area contributed by atoms with Crippen LogP contribution in [-0.4, -0.2) is 43.7 Å². The van der Waals surface area contributed by atoms with Crippen LogP contribution in [-0.2, 0) is 16.1 Å². The van der Waals surface area contributed by atoms with Crippen LogP contribution in [0.5, 0.6) is 0 Å². The second-order valence-corrected chi connectivity index (χ2v) is 5.50. The first-order valence-corrected chi connectivity index (χ1v) is 7.27. The van der Waals surface area contributed by atoms with Gasteiger partial charge in [-0.15, -0.1) is 0 Å². The number of piperidine rings is 1. The molecule has 0 bridgehead atoms. The maximum atomic E-state index is 12.1. The van der Waals surface area contributed by atoms with Gasteiger partial charge in [0, 0.05) is 13.6 Å². The molecule has 1 aliphatic rings. The van der Waals surface area contributed by atoms with Crippen molar-refractivity contribution in [1.29, 1.82) is 0 Å². The van der Waals surface area contributed by atoms with Gasteiger partial charge in [-0.05, 0) is 38.4 Å². The minimum atomic E-state index is 0.0463. The van der Waals surface area contributed by atoms with Crippen molar-refractivity contribution in [3.05, 3.63) is 35.4 Å². The Kier molecular flexibility index (Phi) is 5.56. The molecular formula is C16H24N2O2. The van der Waals surface area contributed by atoms with E-state index in [9.17, 15) is 4.79 Å². The van der Waals surface area contributed by atoms with Crippen LogP contribution in [0, 0.1) is 6.92 Å². The Morgan fingerprint density at radius 3 is 2.85 bits per heavy atom. The van der Waals surface area contributed by atoms with Crippen LogP contribution < -0.4 is 5.32 Å². The number of aryl methyl sites for hydroxylation is 1. The van der Waals surface area contributed by atoms with Gasteiger partial charge in [-0.25, -0.2) is 0 Å². The first-order valence-electron chi connectivity index (χ1n) is 7.27. The Morgan fingerprint density at radius 2 is 2.15 bits per heavy atom. The summed E-state index contributed by atoms with van der Waals surface area (Å²) < 4.78 is 5.70. The number of hydrogen-bond acceptors (Lipinski definition) is 3. The van der Waals surface area contributed by atoms with Crippen molar-refractivity contribution in [3.8, 4) is 0 Å². The molecule has 1 fully saturated rings. The van der Waals surface area contributed by atoms with Crippen LogP contribution in [0.25, 0.3) is 0 Å². The average molecular weight is 276 g/mol. The van der Waals surface area contributed by atoms with E-state index in [1.807, 2.05) is 19.2 Å². The molecule has 0 spiro atoms. The van der Waals surface area contributed by atoms with Gasteiger partial charge in [0.2, 0.25) is 5.91 Å². The van der Waals surface area contributed by atoms with Gasteiger partial charge >= 0.3 is 0 Å². The Labute approximate surface area is 121 Å². The van der Waals surface area contributed by atoms with Gasteiger partial charge in [0.25, 0.3) is 0 Å². The van der Waals surface area contributed by atoms with Crippen molar-refractivity contribution < 1.29 is 9.53 Å². The van der Waals surface area contributed by atoms with E-state index in [1.54, 1.807) is 4.90 Å². The number of nitrogens with one attached hydrogen (secondary N) is 1. The predicted octanol–water partition coefficient (Wildman–Crippen LogP) is 1.72. The summed E-state index contributed by atoms with van der Waals surface area (Å²) in [4.78, 5) is 13.8. The zero-order valence-electron chi connectivity index (χ0n) is 12.4. The van der Waals surface area contributed by atoms with Crippen molar-refractivity contribution in [2.24, 2.45) is 0 Å². The summed E-state index contributed by atoms with van der Waals surface area (Å²) in [5, 5.41) is 3.29. The summed E-state index contributed by atoms with van der Waals surface area (Å²) >= 11 is 0. The molecule has 1 aromatic rings. The lowest BCUT2D eigenvalue weighted by Gasteiger charge is -2.24. The number of amides is 1. The van der Waals surface area contributed by atoms with E-state index >= 15 is 0 Å². The summed E-state index contributed by atoms with van der Waals surface area (Å²) in [5.41, 5.74) is 2.37. The SMILES string of the molecule is Cc1cccc(CN(C)C(=O)COC2CCNCC2)c1. The molecule has 4 nitrogen and oxygen atoms in total. The van der Waals surface area contributed by atoms with Crippen LogP contribution >= 0.6 is 0 Å². The highest BCUT2D eigenvalue weighted by atomic mass is 16.5. The monoisotopic (exact) mass is 276 g/mol. The first-order chi connectivity index (χ1) is 9.65. The van der Waals surface area contributed by atoms with Crippen LogP contribution in [0.3, 0.4) is 0 Å². The number of likely N-dealkylation sites (N-methyl/N-ethyl adjacent to an activating group) is 1. The maximum Gasteiger partial charge on any atom is 0.248 e. The molecular weight excluding hydrogens is 252 g/mol. The number of nitrogens with zero attached hydrogens (tertiary/aromatic N) is 1. The van der Waals surface area contributed by atoms with E-state index in [0.717, 1.165) is 31.5 Å². The Bertz CT molecular complexity index is 442. The molecule has 0 aromatic heterocycles. The Balaban J connectivity index is 1.76. The molecule has 1 amide bonds. The summed E-state index contributed by atoms with van der Waals surface area (Å²) in [5.74, 6) is 0.0463. The second-order valence-electron chi connectivity index (χ2n) is 5.50. The molecule has 1 N–H and O–H groups in total. The molecule has 1 aliphatic heterocycles. The van der Waals surface area contributed by atoms with Crippen LogP contribution in [0.2, 0.25) is 0 Å². The molecule has 1 saturated heterocycles. The minimum absolute atomic E-state index is 0.0463.